The van der Waals surface area contributed by atoms with Gasteiger partial charge < -0.3 is 29.1 Å². The van der Waals surface area contributed by atoms with E-state index in [0.29, 0.717) is 22.8 Å². The van der Waals surface area contributed by atoms with Gasteiger partial charge in [0.15, 0.2) is 11.5 Å². The Kier molecular flexibility index (Phi) is 6.33. The molecule has 0 spiro atoms. The zero-order chi connectivity index (χ0) is 20.1. The molecule has 2 N–H and O–H groups in total. The quantitative estimate of drug-likeness (QED) is 0.759. The van der Waals surface area contributed by atoms with Crippen LogP contribution in [0.4, 0.5) is 0 Å². The number of benzene rings is 1. The van der Waals surface area contributed by atoms with Crippen LogP contribution in [0.25, 0.3) is 0 Å². The second kappa shape index (κ2) is 8.48. The first kappa shape index (κ1) is 20.2. The van der Waals surface area contributed by atoms with Crippen molar-refractivity contribution in [1.82, 2.24) is 5.32 Å². The molecule has 27 heavy (non-hydrogen) atoms. The van der Waals surface area contributed by atoms with E-state index in [0.717, 1.165) is 0 Å². The molecule has 0 radical (unpaired) electrons. The number of amides is 1. The van der Waals surface area contributed by atoms with Crippen molar-refractivity contribution in [1.29, 1.82) is 0 Å². The maximum Gasteiger partial charge on any atom is 0.343 e. The van der Waals surface area contributed by atoms with E-state index >= 15 is 0 Å². The number of carbonyl (C=O) groups excluding carboxylic acids is 1. The van der Waals surface area contributed by atoms with Gasteiger partial charge in [0, 0.05) is 31.0 Å². The van der Waals surface area contributed by atoms with Crippen LogP contribution in [0.15, 0.2) is 27.4 Å². The summed E-state index contributed by atoms with van der Waals surface area (Å²) in [4.78, 5) is 24.6. The minimum Gasteiger partial charge on any atom is -0.507 e. The largest absolute Gasteiger partial charge is 0.507 e. The maximum absolute atomic E-state index is 12.5. The van der Waals surface area contributed by atoms with Crippen LogP contribution in [0, 0.1) is 6.92 Å². The Morgan fingerprint density at radius 2 is 1.85 bits per heavy atom. The second-order valence-corrected chi connectivity index (χ2v) is 5.80. The maximum atomic E-state index is 12.5. The smallest absolute Gasteiger partial charge is 0.343 e. The first-order valence-corrected chi connectivity index (χ1v) is 8.20. The molecule has 0 fully saturated rings. The van der Waals surface area contributed by atoms with Crippen LogP contribution in [0.2, 0.25) is 0 Å². The van der Waals surface area contributed by atoms with Crippen LogP contribution in [0.3, 0.4) is 0 Å². The lowest BCUT2D eigenvalue weighted by molar-refractivity contribution is -0.120. The molecule has 1 aromatic heterocycles. The second-order valence-electron chi connectivity index (χ2n) is 5.80. The fourth-order valence-electron chi connectivity index (χ4n) is 2.98. The van der Waals surface area contributed by atoms with Gasteiger partial charge in [0.05, 0.1) is 26.9 Å². The fourth-order valence-corrected chi connectivity index (χ4v) is 2.98. The van der Waals surface area contributed by atoms with E-state index in [-0.39, 0.29) is 29.4 Å². The first-order chi connectivity index (χ1) is 12.9. The van der Waals surface area contributed by atoms with Gasteiger partial charge in [-0.3, -0.25) is 4.79 Å². The zero-order valence-corrected chi connectivity index (χ0v) is 15.9. The number of nitrogens with one attached hydrogen (secondary N) is 1. The molecule has 1 amide bonds. The van der Waals surface area contributed by atoms with Crippen molar-refractivity contribution >= 4 is 5.91 Å². The summed E-state index contributed by atoms with van der Waals surface area (Å²) in [7, 11) is 5.87. The summed E-state index contributed by atoms with van der Waals surface area (Å²) < 4.78 is 21.3. The van der Waals surface area contributed by atoms with Gasteiger partial charge in [-0.2, -0.15) is 0 Å². The molecule has 0 aliphatic carbocycles. The lowest BCUT2D eigenvalue weighted by atomic mass is 9.87. The molecular weight excluding hydrogens is 354 g/mol. The minimum absolute atomic E-state index is 0.0327. The molecule has 8 nitrogen and oxygen atoms in total. The van der Waals surface area contributed by atoms with Crippen molar-refractivity contribution in [3.8, 4) is 23.0 Å². The van der Waals surface area contributed by atoms with Gasteiger partial charge in [-0.15, -0.1) is 0 Å². The number of rotatable bonds is 7. The van der Waals surface area contributed by atoms with Crippen LogP contribution in [0.1, 0.15) is 29.2 Å². The van der Waals surface area contributed by atoms with Crippen molar-refractivity contribution in [2.75, 3.05) is 28.4 Å². The number of carbonyl (C=O) groups is 1. The van der Waals surface area contributed by atoms with Crippen LogP contribution < -0.4 is 25.2 Å². The summed E-state index contributed by atoms with van der Waals surface area (Å²) in [6, 6.07) is 4.63. The van der Waals surface area contributed by atoms with E-state index in [9.17, 15) is 14.7 Å². The van der Waals surface area contributed by atoms with E-state index in [1.165, 1.54) is 34.4 Å². The van der Waals surface area contributed by atoms with Crippen molar-refractivity contribution in [2.24, 2.45) is 0 Å². The monoisotopic (exact) mass is 377 g/mol. The van der Waals surface area contributed by atoms with Crippen molar-refractivity contribution in [2.45, 2.75) is 19.3 Å². The molecule has 2 aromatic rings. The van der Waals surface area contributed by atoms with E-state index in [1.807, 2.05) is 0 Å². The Bertz CT molecular complexity index is 888. The molecule has 1 atom stereocenters. The van der Waals surface area contributed by atoms with Gasteiger partial charge >= 0.3 is 5.63 Å². The number of aryl methyl sites for hydroxylation is 1. The molecule has 0 aliphatic heterocycles. The molecule has 0 saturated heterocycles. The third-order valence-electron chi connectivity index (χ3n) is 4.22. The molecule has 146 valence electrons. The highest BCUT2D eigenvalue weighted by Gasteiger charge is 2.30. The Balaban J connectivity index is 2.77. The standard InChI is InChI=1S/C19H23NO7/c1-10-8-13(21)16(19(23)27-10)12(9-15(22)20-2)11-6-7-14(24-3)18(26-5)17(11)25-4/h6-8,12,21H,9H2,1-5H3,(H,20,22)/t12-/m1/s1. The number of ether oxygens (including phenoxy) is 3. The topological polar surface area (TPSA) is 107 Å². The van der Waals surface area contributed by atoms with Crippen LogP contribution in [0.5, 0.6) is 23.0 Å². The average Bonchev–Trinajstić information content (AvgIpc) is 2.64. The van der Waals surface area contributed by atoms with Gasteiger partial charge in [0.1, 0.15) is 11.5 Å². The number of hydrogen-bond donors (Lipinski definition) is 2. The Hall–Kier alpha value is -3.16. The van der Waals surface area contributed by atoms with Crippen molar-refractivity contribution in [3.05, 3.63) is 45.5 Å². The normalized spacial score (nSPS) is 11.6. The minimum atomic E-state index is -0.823. The van der Waals surface area contributed by atoms with E-state index < -0.39 is 11.5 Å². The summed E-state index contributed by atoms with van der Waals surface area (Å²) in [6.45, 7) is 1.55. The number of aromatic hydroxyl groups is 1. The zero-order valence-electron chi connectivity index (χ0n) is 15.9. The third kappa shape index (κ3) is 3.99. The SMILES string of the molecule is CNC(=O)C[C@H](c1ccc(OC)c(OC)c1OC)c1c(O)cc(C)oc1=O. The third-order valence-corrected chi connectivity index (χ3v) is 4.22. The van der Waals surface area contributed by atoms with Crippen LogP contribution >= 0.6 is 0 Å². The highest BCUT2D eigenvalue weighted by atomic mass is 16.5. The molecule has 0 saturated carbocycles. The van der Waals surface area contributed by atoms with Gasteiger partial charge in [0.25, 0.3) is 0 Å². The number of hydrogen-bond acceptors (Lipinski definition) is 7. The van der Waals surface area contributed by atoms with Gasteiger partial charge in [-0.1, -0.05) is 6.07 Å². The summed E-state index contributed by atoms with van der Waals surface area (Å²) in [5, 5.41) is 12.9. The molecule has 0 unspecified atom stereocenters. The first-order valence-electron chi connectivity index (χ1n) is 8.20. The van der Waals surface area contributed by atoms with E-state index in [2.05, 4.69) is 5.32 Å². The lowest BCUT2D eigenvalue weighted by Crippen LogP contribution is -2.24. The molecule has 8 heteroatoms. The molecule has 1 heterocycles. The summed E-state index contributed by atoms with van der Waals surface area (Å²) in [5.41, 5.74) is -0.279. The predicted molar refractivity (Wildman–Crippen MR) is 98.0 cm³/mol. The summed E-state index contributed by atoms with van der Waals surface area (Å²) >= 11 is 0. The Labute approximate surface area is 156 Å². The lowest BCUT2D eigenvalue weighted by Gasteiger charge is -2.22. The van der Waals surface area contributed by atoms with Crippen molar-refractivity contribution < 1.29 is 28.5 Å². The highest BCUT2D eigenvalue weighted by Crippen LogP contribution is 2.45. The Morgan fingerprint density at radius 1 is 1.19 bits per heavy atom. The summed E-state index contributed by atoms with van der Waals surface area (Å²) in [6.07, 6.45) is -0.107. The van der Waals surface area contributed by atoms with Crippen LogP contribution in [-0.4, -0.2) is 39.4 Å². The van der Waals surface area contributed by atoms with Crippen LogP contribution in [-0.2, 0) is 4.79 Å². The van der Waals surface area contributed by atoms with Gasteiger partial charge in [-0.25, -0.2) is 4.79 Å². The molecule has 0 bridgehead atoms. The molecule has 2 rings (SSSR count). The number of methoxy groups -OCH3 is 3. The van der Waals surface area contributed by atoms with Gasteiger partial charge in [0.2, 0.25) is 11.7 Å². The Morgan fingerprint density at radius 3 is 2.37 bits per heavy atom. The van der Waals surface area contributed by atoms with E-state index in [1.54, 1.807) is 19.1 Å². The predicted octanol–water partition coefficient (Wildman–Crippen LogP) is 1.95. The molecule has 1 aromatic carbocycles. The highest BCUT2D eigenvalue weighted by molar-refractivity contribution is 5.78. The van der Waals surface area contributed by atoms with E-state index in [4.69, 9.17) is 18.6 Å². The fraction of sp³-hybridized carbons (Fsp3) is 0.368. The van der Waals surface area contributed by atoms with Crippen molar-refractivity contribution in [3.63, 3.8) is 0 Å². The summed E-state index contributed by atoms with van der Waals surface area (Å²) in [5.74, 6) is -0.0982. The molecule has 0 aliphatic rings. The average molecular weight is 377 g/mol. The van der Waals surface area contributed by atoms with Gasteiger partial charge in [-0.05, 0) is 13.0 Å². The molecular formula is C19H23NO7.